The fraction of sp³-hybridized carbons (Fsp3) is 0.163. The fourth-order valence-electron chi connectivity index (χ4n) is 17.0. The van der Waals surface area contributed by atoms with Crippen molar-refractivity contribution in [2.24, 2.45) is 0 Å². The van der Waals surface area contributed by atoms with Gasteiger partial charge in [-0.3, -0.25) is 0 Å². The summed E-state index contributed by atoms with van der Waals surface area (Å²) in [5, 5.41) is 12.4. The van der Waals surface area contributed by atoms with Crippen LogP contribution in [0.25, 0.3) is 125 Å². The standard InChI is InChI=1S/C98H82BN3S/c1-95(2,3)66-43-45-74-86(57-66)103-94-93(74)102(92-78(61-33-21-15-22-34-61)53-68(97(7,8)9)54-79(92)62-35-23-16-24-36-62)85-56-69(98(10,11)12)55-84-89(85)99(94)81-48-44-70(58-83(81)101(84)91-76(59-29-17-13-18-30-59)51-67(96(4,5)6)52-77(91)60-31-19-14-20-32-60)100-82-40-28-27-39-72(82)80-50-65-42-41-64-49-63-37-25-26-38-71(63)73-46-47-75(90(80)100)88(65)87(64)73/h13-58H,1-12H3/i44D,48D,58D. The summed E-state index contributed by atoms with van der Waals surface area (Å²) in [5.74, 6) is 0. The average molecular weight is 1350 g/mol. The van der Waals surface area contributed by atoms with Crippen LogP contribution in [0.3, 0.4) is 0 Å². The summed E-state index contributed by atoms with van der Waals surface area (Å²) in [4.78, 5) is 5.10. The van der Waals surface area contributed by atoms with Gasteiger partial charge in [0.2, 0.25) is 0 Å². The summed E-state index contributed by atoms with van der Waals surface area (Å²) in [6, 6.07) is 96.8. The molecule has 15 aromatic carbocycles. The lowest BCUT2D eigenvalue weighted by atomic mass is 9.36. The maximum absolute atomic E-state index is 12.0. The summed E-state index contributed by atoms with van der Waals surface area (Å²) in [6.07, 6.45) is 0. The van der Waals surface area contributed by atoms with Crippen molar-refractivity contribution in [1.82, 2.24) is 4.57 Å². The molecule has 103 heavy (non-hydrogen) atoms. The van der Waals surface area contributed by atoms with E-state index in [2.05, 4.69) is 358 Å². The van der Waals surface area contributed by atoms with Gasteiger partial charge >= 0.3 is 0 Å². The second kappa shape index (κ2) is 22.8. The lowest BCUT2D eigenvalue weighted by Gasteiger charge is -2.46. The Bertz CT molecular complexity index is 6400. The van der Waals surface area contributed by atoms with Crippen LogP contribution in [0.4, 0.5) is 34.1 Å². The maximum Gasteiger partial charge on any atom is 0.264 e. The Morgan fingerprint density at radius 1 is 0.340 bits per heavy atom. The van der Waals surface area contributed by atoms with Crippen LogP contribution in [0.2, 0.25) is 0 Å². The minimum absolute atomic E-state index is 0.00426. The van der Waals surface area contributed by atoms with Crippen molar-refractivity contribution in [3.63, 3.8) is 0 Å². The summed E-state index contributed by atoms with van der Waals surface area (Å²) in [6.45, 7) is 27.2. The number of nitrogens with zero attached hydrogens (tertiary/aromatic N) is 3. The smallest absolute Gasteiger partial charge is 0.264 e. The van der Waals surface area contributed by atoms with E-state index >= 15 is 0 Å². The SMILES string of the molecule is [2H]c1c([2H])c(-n2c3ccccc3c3cc4ccc5cc6ccccc6c6ccc(c4c56)c32)c([2H])c2c1B1c3sc4cc(C(C)(C)C)ccc4c3N(c3c(-c4ccccc4)cc(C(C)(C)C)cc3-c3ccccc3)c3cc(C(C)(C)C)cc(c31)N2c1c(-c2ccccc2)cc(C(C)(C)C)cc1-c1ccccc1. The molecule has 4 heterocycles. The molecule has 0 spiro atoms. The van der Waals surface area contributed by atoms with Gasteiger partial charge < -0.3 is 14.4 Å². The van der Waals surface area contributed by atoms with Crippen LogP contribution in [-0.2, 0) is 21.7 Å². The normalized spacial score (nSPS) is 13.8. The first kappa shape index (κ1) is 59.7. The molecule has 3 nitrogen and oxygen atoms in total. The van der Waals surface area contributed by atoms with E-state index in [4.69, 9.17) is 0 Å². The molecule has 0 aliphatic carbocycles. The highest BCUT2D eigenvalue weighted by Gasteiger charge is 2.48. The van der Waals surface area contributed by atoms with Gasteiger partial charge in [-0.25, -0.2) is 0 Å². The van der Waals surface area contributed by atoms with Crippen LogP contribution < -0.4 is 25.5 Å². The monoisotopic (exact) mass is 1350 g/mol. The van der Waals surface area contributed by atoms with Crippen molar-refractivity contribution in [3.05, 3.63) is 301 Å². The van der Waals surface area contributed by atoms with Crippen LogP contribution in [0, 0.1) is 0 Å². The largest absolute Gasteiger partial charge is 0.310 e. The maximum atomic E-state index is 12.0. The molecule has 0 bridgehead atoms. The van der Waals surface area contributed by atoms with Crippen molar-refractivity contribution in [2.75, 3.05) is 9.80 Å². The Labute approximate surface area is 613 Å². The Kier molecular flexibility index (Phi) is 13.2. The summed E-state index contributed by atoms with van der Waals surface area (Å²) >= 11 is 1.81. The highest BCUT2D eigenvalue weighted by molar-refractivity contribution is 7.33. The van der Waals surface area contributed by atoms with E-state index in [1.54, 1.807) is 0 Å². The molecule has 5 heteroatoms. The van der Waals surface area contributed by atoms with Gasteiger partial charge in [-0.1, -0.05) is 289 Å². The van der Waals surface area contributed by atoms with Gasteiger partial charge in [-0.05, 0) is 188 Å². The molecule has 0 unspecified atom stereocenters. The number of hydrogen-bond acceptors (Lipinski definition) is 3. The van der Waals surface area contributed by atoms with Gasteiger partial charge in [0.25, 0.3) is 6.71 Å². The van der Waals surface area contributed by atoms with Gasteiger partial charge in [0.05, 0.1) is 32.2 Å². The zero-order valence-corrected chi connectivity index (χ0v) is 61.5. The fourth-order valence-corrected chi connectivity index (χ4v) is 18.3. The zero-order valence-electron chi connectivity index (χ0n) is 63.7. The topological polar surface area (TPSA) is 11.4 Å². The minimum Gasteiger partial charge on any atom is -0.310 e. The Morgan fingerprint density at radius 2 is 0.796 bits per heavy atom. The Balaban J connectivity index is 1.03. The number of para-hydroxylation sites is 1. The second-order valence-electron chi connectivity index (χ2n) is 33.0. The van der Waals surface area contributed by atoms with Gasteiger partial charge in [-0.15, -0.1) is 11.3 Å². The van der Waals surface area contributed by atoms with E-state index in [1.807, 2.05) is 11.3 Å². The van der Waals surface area contributed by atoms with Crippen LogP contribution >= 0.6 is 11.3 Å². The van der Waals surface area contributed by atoms with E-state index in [1.165, 1.54) is 43.6 Å². The van der Waals surface area contributed by atoms with E-state index < -0.39 is 12.1 Å². The molecule has 0 radical (unpaired) electrons. The average Bonchev–Trinajstić information content (AvgIpc) is 1.21. The first-order chi connectivity index (χ1) is 50.9. The number of fused-ring (bicyclic) bond motifs is 12. The number of aromatic nitrogens is 1. The van der Waals surface area contributed by atoms with Gasteiger partial charge in [0.1, 0.15) is 0 Å². The molecule has 0 amide bonds. The van der Waals surface area contributed by atoms with Crippen molar-refractivity contribution in [2.45, 2.75) is 105 Å². The molecule has 498 valence electrons. The second-order valence-corrected chi connectivity index (χ2v) is 34.1. The molecule has 0 saturated carbocycles. The predicted molar refractivity (Wildman–Crippen MR) is 448 cm³/mol. The van der Waals surface area contributed by atoms with Crippen molar-refractivity contribution < 1.29 is 4.11 Å². The number of benzene rings is 15. The van der Waals surface area contributed by atoms with Crippen molar-refractivity contribution >= 4 is 143 Å². The zero-order chi connectivity index (χ0) is 72.9. The van der Waals surface area contributed by atoms with E-state index in [9.17, 15) is 4.11 Å². The predicted octanol–water partition coefficient (Wildman–Crippen LogP) is 26.0. The molecule has 0 atom stereocenters. The quantitative estimate of drug-likeness (QED) is 0.0895. The third kappa shape index (κ3) is 9.82. The van der Waals surface area contributed by atoms with E-state index in [0.717, 1.165) is 137 Å². The molecule has 0 N–H and O–H groups in total. The molecule has 0 saturated heterocycles. The first-order valence-corrected chi connectivity index (χ1v) is 37.3. The summed E-state index contributed by atoms with van der Waals surface area (Å²) in [5.41, 5.74) is 21.5. The lowest BCUT2D eigenvalue weighted by molar-refractivity contribution is 0.590. The lowest BCUT2D eigenvalue weighted by Crippen LogP contribution is -2.60. The summed E-state index contributed by atoms with van der Waals surface area (Å²) < 4.78 is 39.4. The molecule has 2 aromatic heterocycles. The van der Waals surface area contributed by atoms with Crippen LogP contribution in [-0.4, -0.2) is 11.3 Å². The highest BCUT2D eigenvalue weighted by Crippen LogP contribution is 2.58. The molecule has 2 aliphatic rings. The van der Waals surface area contributed by atoms with Crippen molar-refractivity contribution in [1.29, 1.82) is 0 Å². The molecule has 17 aromatic rings. The number of thiophene rings is 1. The third-order valence-corrected chi connectivity index (χ3v) is 23.6. The number of anilines is 6. The van der Waals surface area contributed by atoms with Crippen molar-refractivity contribution in [3.8, 4) is 50.2 Å². The van der Waals surface area contributed by atoms with Gasteiger partial charge in [0.15, 0.2) is 0 Å². The van der Waals surface area contributed by atoms with E-state index in [0.29, 0.717) is 16.8 Å². The molecule has 0 fully saturated rings. The van der Waals surface area contributed by atoms with E-state index in [-0.39, 0.29) is 34.4 Å². The highest BCUT2D eigenvalue weighted by atomic mass is 32.1. The Morgan fingerprint density at radius 3 is 1.35 bits per heavy atom. The molecule has 2 aliphatic heterocycles. The molecular weight excluding hydrogens is 1260 g/mol. The van der Waals surface area contributed by atoms with Crippen LogP contribution in [0.15, 0.2) is 279 Å². The number of rotatable bonds is 7. The third-order valence-electron chi connectivity index (χ3n) is 22.4. The van der Waals surface area contributed by atoms with Gasteiger partial charge in [-0.2, -0.15) is 0 Å². The number of hydrogen-bond donors (Lipinski definition) is 0. The minimum atomic E-state index is -0.629. The van der Waals surface area contributed by atoms with Crippen LogP contribution in [0.1, 0.15) is 109 Å². The molecular formula is C98H82BN3S. The Hall–Kier alpha value is -11.0. The van der Waals surface area contributed by atoms with Gasteiger partial charge in [0, 0.05) is 76.0 Å². The summed E-state index contributed by atoms with van der Waals surface area (Å²) in [7, 11) is 0. The van der Waals surface area contributed by atoms with Crippen LogP contribution in [0.5, 0.6) is 0 Å². The first-order valence-electron chi connectivity index (χ1n) is 38.0. The molecule has 19 rings (SSSR count).